The maximum Gasteiger partial charge on any atom is -0.00161 e. The van der Waals surface area contributed by atoms with Gasteiger partial charge in [0.25, 0.3) is 0 Å². The molecule has 34 saturated carbocycles. The van der Waals surface area contributed by atoms with E-state index in [2.05, 4.69) is 39.5 Å². The topological polar surface area (TPSA) is 3.24 Å². The molecule has 37 rings (SSSR count). The summed E-state index contributed by atoms with van der Waals surface area (Å²) in [4.78, 5) is 2.58. The van der Waals surface area contributed by atoms with Gasteiger partial charge in [-0.1, -0.05) is 397 Å². The van der Waals surface area contributed by atoms with Crippen LogP contribution in [-0.4, -0.2) is 24.5 Å². The molecule has 3 saturated heterocycles. The van der Waals surface area contributed by atoms with Gasteiger partial charge in [-0.15, -0.1) is 0 Å². The predicted octanol–water partition coefficient (Wildman–Crippen LogP) is 44.3. The second-order valence-electron chi connectivity index (χ2n) is 53.6. The number of hydrogen-bond donors (Lipinski definition) is 0. The van der Waals surface area contributed by atoms with Crippen molar-refractivity contribution in [2.75, 3.05) is 19.6 Å². The molecule has 0 aromatic carbocycles. The minimum absolute atomic E-state index is 0.779. The quantitative estimate of drug-likeness (QED) is 0.253. The highest BCUT2D eigenvalue weighted by atomic mass is 15.1. The van der Waals surface area contributed by atoms with Gasteiger partial charge in [0.15, 0.2) is 0 Å². The van der Waals surface area contributed by atoms with Crippen molar-refractivity contribution in [2.45, 2.75) is 628 Å². The minimum atomic E-state index is 0.779. The zero-order valence-corrected chi connectivity index (χ0v) is 97.8. The van der Waals surface area contributed by atoms with Crippen LogP contribution in [0.3, 0.4) is 0 Å². The second-order valence-corrected chi connectivity index (χ2v) is 53.6. The second kappa shape index (κ2) is 65.0. The fraction of sp³-hybridized carbons (Fsp3) is 1.00. The Labute approximate surface area is 858 Å². The summed E-state index contributed by atoms with van der Waals surface area (Å²) in [5, 5.41) is 0. The first kappa shape index (κ1) is 119. The van der Waals surface area contributed by atoms with E-state index in [9.17, 15) is 0 Å². The van der Waals surface area contributed by atoms with Gasteiger partial charge in [0.1, 0.15) is 0 Å². The third kappa shape index (κ3) is 37.9. The Morgan fingerprint density at radius 1 is 0.169 bits per heavy atom. The monoisotopic (exact) mass is 1890 g/mol. The summed E-state index contributed by atoms with van der Waals surface area (Å²) < 4.78 is 0. The molecule has 37 fully saturated rings. The summed E-state index contributed by atoms with van der Waals surface area (Å²) in [6.07, 6.45) is 114. The summed E-state index contributed by atoms with van der Waals surface area (Å²) in [7, 11) is 0. The molecule has 0 aromatic rings. The smallest absolute Gasteiger partial charge is 0.00161 e. The van der Waals surface area contributed by atoms with E-state index in [4.69, 9.17) is 0 Å². The van der Waals surface area contributed by atoms with Crippen molar-refractivity contribution in [3.63, 3.8) is 0 Å². The van der Waals surface area contributed by atoms with E-state index >= 15 is 0 Å². The first-order chi connectivity index (χ1) is 66.6. The van der Waals surface area contributed by atoms with E-state index in [-0.39, 0.29) is 0 Å². The summed E-state index contributed by atoms with van der Waals surface area (Å²) in [5.41, 5.74) is 1.58. The van der Waals surface area contributed by atoms with Crippen molar-refractivity contribution in [1.29, 1.82) is 0 Å². The average molecular weight is 1890 g/mol. The molecule has 800 valence electrons. The van der Waals surface area contributed by atoms with Gasteiger partial charge in [-0.25, -0.2) is 0 Å². The largest absolute Gasteiger partial charge is 0.303 e. The lowest BCUT2D eigenvalue weighted by Crippen LogP contribution is -2.44. The molecule has 0 radical (unpaired) electrons. The van der Waals surface area contributed by atoms with Gasteiger partial charge in [0.2, 0.25) is 0 Å². The van der Waals surface area contributed by atoms with E-state index in [1.807, 2.05) is 125 Å². The molecule has 2 atom stereocenters. The number of hydrogen-bond acceptors (Lipinski definition) is 1. The Morgan fingerprint density at radius 3 is 0.581 bits per heavy atom. The highest BCUT2D eigenvalue weighted by molar-refractivity contribution is 5.02. The molecule has 1 nitrogen and oxygen atoms in total. The van der Waals surface area contributed by atoms with E-state index in [0.717, 1.165) is 129 Å². The van der Waals surface area contributed by atoms with Gasteiger partial charge >= 0.3 is 0 Å². The van der Waals surface area contributed by atoms with Gasteiger partial charge in [-0.3, -0.25) is 0 Å². The summed E-state index contributed by atoms with van der Waals surface area (Å²) in [5.74, 6) is 39.2. The number of piperidine rings is 3. The maximum atomic E-state index is 2.58. The predicted molar refractivity (Wildman–Crippen MR) is 608 cm³/mol. The molecule has 37 aliphatic rings. The van der Waals surface area contributed by atoms with Gasteiger partial charge in [0, 0.05) is 0 Å². The molecule has 0 aromatic heterocycles. The highest BCUT2D eigenvalue weighted by Crippen LogP contribution is 2.62. The van der Waals surface area contributed by atoms with Crippen LogP contribution in [0.2, 0.25) is 0 Å². The first-order valence-corrected chi connectivity index (χ1v) is 66.3. The van der Waals surface area contributed by atoms with Crippen molar-refractivity contribution < 1.29 is 0 Å². The maximum absolute atomic E-state index is 2.58. The van der Waals surface area contributed by atoms with Crippen molar-refractivity contribution in [2.24, 2.45) is 212 Å². The lowest BCUT2D eigenvalue weighted by molar-refractivity contribution is -0.0411. The first-order valence-electron chi connectivity index (χ1n) is 66.3. The standard InChI is InChI=1S/2C11H18.C11H20.C10H16.2C10H18.C9H14.C9H16.C8H14.C7H13N.3C7H12.9C2H6/c1-11-5-8-2-9(6-11)4-10(3-8)7-11;1-7-10-3-8-2-9(5-10)6-11(7)4-8;1-2-9-6-10-4-3-5-11(7-9)8-10;1-7-2-9-4-8(1)5-10(3-7)6-9;1-10-6-2-4-9(8-10)5-3-7-10;1-8-9-4-2-5-10(8)7-3-6-9;1-6-2-8-4-7(1)5-9(8)3-6;1-3-8-5-2-6-9(4-1)7-8;1-2-8-5-3-7(1)4-6-8;1-4-8-5-2-7(1)3-6-8;2*1-2-7-4-3-6(1)5-7;1-2-6-4-7(3-1)5-6;9*1-2/h8-10H,2-7H2,1H3;7-11H,2-6H2,1H3;9-11H,2-8H2,1H3;7-10H,1-6H2;9H,2-8H2,1H3;8-10H,2-7H2,1H3;6-9H,1-5H2;8-9H,1-7H2;7-8H,1-6H2;7H,1-6H2;3*6-7H,1-5H2;9*1-2H3. The Bertz CT molecular complexity index is 2540. The van der Waals surface area contributed by atoms with Crippen molar-refractivity contribution >= 4 is 0 Å². The zero-order valence-electron chi connectivity index (χ0n) is 97.8. The SMILES string of the molecule is C1C2CC3CC1CC(C2)C3.C1C2CC3CC1CC3C2.C1CC2CC(C1)C2.C1CC2CCC1C2.C1CC2CCC1C2.C1CC2CCC1CC2.C1CC2CCCC(C1)C2.C1CN2CCC1CC2.CC.CC.CC.CC.CC.CC.CC.CC.CC.CC12CC3CC(CC(C3)C1)C2.CC12CCCC(CCC1)C2.CC1C2CC3CC(C2)CC1C3.CC1C2CCCC1CCC2.CCC1CC2CCCC(C1)C2. The number of fused-ring (bicyclic) bond motifs is 20. The Kier molecular flexibility index (Phi) is 57.2. The van der Waals surface area contributed by atoms with Gasteiger partial charge in [-0.05, 0) is 463 Å². The molecule has 0 amide bonds. The van der Waals surface area contributed by atoms with Crippen LogP contribution in [0.15, 0.2) is 0 Å². The summed E-state index contributed by atoms with van der Waals surface area (Å²) in [6, 6.07) is 0. The van der Waals surface area contributed by atoms with Crippen LogP contribution in [0.1, 0.15) is 628 Å². The van der Waals surface area contributed by atoms with Crippen LogP contribution in [0.5, 0.6) is 0 Å². The van der Waals surface area contributed by atoms with Crippen LogP contribution in [-0.2, 0) is 0 Å². The third-order valence-corrected chi connectivity index (χ3v) is 44.5. The number of nitrogens with zero attached hydrogens (tertiary/aromatic N) is 1. The highest BCUT2D eigenvalue weighted by Gasteiger charge is 2.51. The molecule has 34 bridgehead atoms. The van der Waals surface area contributed by atoms with Crippen LogP contribution in [0.25, 0.3) is 0 Å². The summed E-state index contributed by atoms with van der Waals surface area (Å²) in [6.45, 7) is 52.6. The molecule has 1 heteroatoms. The summed E-state index contributed by atoms with van der Waals surface area (Å²) >= 11 is 0. The fourth-order valence-corrected chi connectivity index (χ4v) is 38.8. The van der Waals surface area contributed by atoms with Crippen LogP contribution in [0.4, 0.5) is 0 Å². The van der Waals surface area contributed by atoms with Gasteiger partial charge < -0.3 is 4.90 Å². The van der Waals surface area contributed by atoms with Crippen molar-refractivity contribution in [3.05, 3.63) is 0 Å². The molecule has 2 unspecified atom stereocenters. The molecule has 3 heterocycles. The molecule has 3 aliphatic heterocycles. The Balaban J connectivity index is 0.000000163. The van der Waals surface area contributed by atoms with Crippen LogP contribution < -0.4 is 0 Å². The fourth-order valence-electron chi connectivity index (χ4n) is 38.8. The Morgan fingerprint density at radius 2 is 0.368 bits per heavy atom. The molecule has 0 spiro atoms. The molecule has 34 aliphatic carbocycles. The van der Waals surface area contributed by atoms with Crippen LogP contribution >= 0.6 is 0 Å². The van der Waals surface area contributed by atoms with Gasteiger partial charge in [0.05, 0.1) is 0 Å². The van der Waals surface area contributed by atoms with Gasteiger partial charge in [-0.2, -0.15) is 0 Å². The van der Waals surface area contributed by atoms with Crippen molar-refractivity contribution in [3.8, 4) is 0 Å². The van der Waals surface area contributed by atoms with E-state index in [1.165, 1.54) is 231 Å². The molecular formula is C135H255N. The normalized spacial score (nSPS) is 44.4. The number of rotatable bonds is 1. The zero-order chi connectivity index (χ0) is 97.9. The Hall–Kier alpha value is -0.0400. The van der Waals surface area contributed by atoms with E-state index < -0.39 is 0 Å². The third-order valence-electron chi connectivity index (χ3n) is 44.5. The molecular weight excluding hydrogens is 1640 g/mol. The minimum Gasteiger partial charge on any atom is -0.303 e. The van der Waals surface area contributed by atoms with Crippen molar-refractivity contribution in [1.82, 2.24) is 4.90 Å². The lowest BCUT2D eigenvalue weighted by Gasteiger charge is -2.55. The van der Waals surface area contributed by atoms with E-state index in [1.54, 1.807) is 340 Å². The molecule has 136 heavy (non-hydrogen) atoms. The van der Waals surface area contributed by atoms with Crippen LogP contribution in [0, 0.1) is 212 Å². The van der Waals surface area contributed by atoms with E-state index in [0.29, 0.717) is 0 Å². The lowest BCUT2D eigenvalue weighted by atomic mass is 9.50. The average Bonchev–Trinajstić information content (AvgIpc) is 1.35. The molecule has 0 N–H and O–H groups in total.